The van der Waals surface area contributed by atoms with Gasteiger partial charge in [0, 0.05) is 12.5 Å². The Balaban J connectivity index is 1.75. The molecule has 0 radical (unpaired) electrons. The number of hydrogen-bond acceptors (Lipinski definition) is 3. The van der Waals surface area contributed by atoms with Crippen LogP contribution >= 0.6 is 0 Å². The smallest absolute Gasteiger partial charge is 0.168 e. The van der Waals surface area contributed by atoms with Gasteiger partial charge in [-0.25, -0.2) is 0 Å². The van der Waals surface area contributed by atoms with Crippen molar-refractivity contribution < 1.29 is 9.53 Å². The van der Waals surface area contributed by atoms with E-state index in [9.17, 15) is 4.79 Å². The third-order valence-electron chi connectivity index (χ3n) is 4.94. The molecule has 3 atom stereocenters. The van der Waals surface area contributed by atoms with Crippen molar-refractivity contribution in [1.82, 2.24) is 5.32 Å². The average Bonchev–Trinajstić information content (AvgIpc) is 3.03. The summed E-state index contributed by atoms with van der Waals surface area (Å²) in [6.07, 6.45) is 4.53. The van der Waals surface area contributed by atoms with E-state index in [2.05, 4.69) is 5.32 Å². The van der Waals surface area contributed by atoms with Crippen LogP contribution in [0.1, 0.15) is 41.6 Å². The van der Waals surface area contributed by atoms with Gasteiger partial charge in [0.25, 0.3) is 0 Å². The Hall–Kier alpha value is -1.35. The van der Waals surface area contributed by atoms with Gasteiger partial charge >= 0.3 is 0 Å². The number of ether oxygens (including phenoxy) is 1. The maximum absolute atomic E-state index is 12.6. The monoisotopic (exact) mass is 273 g/mol. The Labute approximate surface area is 120 Å². The minimum Gasteiger partial charge on any atom is -0.496 e. The van der Waals surface area contributed by atoms with E-state index < -0.39 is 0 Å². The number of fused-ring (bicyclic) bond motifs is 1. The van der Waals surface area contributed by atoms with Crippen LogP contribution in [0.2, 0.25) is 0 Å². The number of methoxy groups -OCH3 is 1. The van der Waals surface area contributed by atoms with Crippen molar-refractivity contribution in [2.75, 3.05) is 13.7 Å². The molecule has 3 unspecified atom stereocenters. The van der Waals surface area contributed by atoms with Crippen LogP contribution in [-0.2, 0) is 0 Å². The lowest BCUT2D eigenvalue weighted by Crippen LogP contribution is -2.29. The van der Waals surface area contributed by atoms with Gasteiger partial charge in [-0.15, -0.1) is 0 Å². The Kier molecular flexibility index (Phi) is 3.79. The summed E-state index contributed by atoms with van der Waals surface area (Å²) in [5, 5.41) is 3.55. The summed E-state index contributed by atoms with van der Waals surface area (Å²) in [7, 11) is 1.63. The minimum atomic E-state index is 0.204. The summed E-state index contributed by atoms with van der Waals surface area (Å²) in [5.74, 6) is 2.40. The second-order valence-corrected chi connectivity index (χ2v) is 6.20. The summed E-state index contributed by atoms with van der Waals surface area (Å²) in [6.45, 7) is 3.10. The number of aryl methyl sites for hydroxylation is 1. The first-order valence-electron chi connectivity index (χ1n) is 7.60. The number of rotatable bonds is 4. The molecular weight excluding hydrogens is 250 g/mol. The fourth-order valence-electron chi connectivity index (χ4n) is 3.88. The molecule has 3 heteroatoms. The molecule has 1 saturated heterocycles. The van der Waals surface area contributed by atoms with Crippen LogP contribution in [0.4, 0.5) is 0 Å². The van der Waals surface area contributed by atoms with Gasteiger partial charge in [0.2, 0.25) is 0 Å². The van der Waals surface area contributed by atoms with Crippen molar-refractivity contribution in [2.24, 2.45) is 11.8 Å². The lowest BCUT2D eigenvalue weighted by atomic mass is 9.89. The fraction of sp³-hybridized carbons (Fsp3) is 0.588. The van der Waals surface area contributed by atoms with Crippen LogP contribution in [0.5, 0.6) is 5.75 Å². The van der Waals surface area contributed by atoms with Crippen LogP contribution in [0.3, 0.4) is 0 Å². The van der Waals surface area contributed by atoms with E-state index in [1.807, 2.05) is 25.1 Å². The largest absolute Gasteiger partial charge is 0.496 e. The van der Waals surface area contributed by atoms with E-state index in [-0.39, 0.29) is 5.78 Å². The maximum atomic E-state index is 12.6. The van der Waals surface area contributed by atoms with Crippen LogP contribution in [-0.4, -0.2) is 25.5 Å². The van der Waals surface area contributed by atoms with Crippen LogP contribution in [0.15, 0.2) is 18.2 Å². The molecule has 0 spiro atoms. The number of nitrogens with one attached hydrogen (secondary N) is 1. The normalized spacial score (nSPS) is 28.4. The topological polar surface area (TPSA) is 38.3 Å². The molecule has 0 aromatic heterocycles. The molecule has 1 aromatic carbocycles. The number of carbonyl (C=O) groups is 1. The number of benzene rings is 1. The van der Waals surface area contributed by atoms with Crippen LogP contribution < -0.4 is 10.1 Å². The number of Topliss-reactive ketones (excluding diaryl/α,β-unsaturated/α-hetero) is 1. The molecule has 0 bridgehead atoms. The van der Waals surface area contributed by atoms with Gasteiger partial charge in [-0.05, 0) is 50.3 Å². The lowest BCUT2D eigenvalue weighted by molar-refractivity contribution is 0.0960. The van der Waals surface area contributed by atoms with Crippen molar-refractivity contribution in [2.45, 2.75) is 38.6 Å². The zero-order chi connectivity index (χ0) is 14.1. The summed E-state index contributed by atoms with van der Waals surface area (Å²) in [5.41, 5.74) is 1.84. The SMILES string of the molecule is COc1ccc(C)cc1C(=O)CC1NCC2CCCC21. The number of ketones is 1. The molecule has 2 aliphatic rings. The molecule has 108 valence electrons. The highest BCUT2D eigenvalue weighted by atomic mass is 16.5. The quantitative estimate of drug-likeness (QED) is 0.857. The zero-order valence-corrected chi connectivity index (χ0v) is 12.3. The van der Waals surface area contributed by atoms with Gasteiger partial charge in [0.1, 0.15) is 5.75 Å². The van der Waals surface area contributed by atoms with E-state index in [1.165, 1.54) is 19.3 Å². The predicted molar refractivity (Wildman–Crippen MR) is 79.3 cm³/mol. The summed E-state index contributed by atoms with van der Waals surface area (Å²) < 4.78 is 5.33. The zero-order valence-electron chi connectivity index (χ0n) is 12.3. The molecule has 1 aliphatic heterocycles. The Morgan fingerprint density at radius 3 is 3.05 bits per heavy atom. The highest BCUT2D eigenvalue weighted by Gasteiger charge is 2.39. The molecule has 3 nitrogen and oxygen atoms in total. The van der Waals surface area contributed by atoms with Crippen molar-refractivity contribution in [3.8, 4) is 5.75 Å². The van der Waals surface area contributed by atoms with Crippen molar-refractivity contribution in [1.29, 1.82) is 0 Å². The molecule has 1 saturated carbocycles. The van der Waals surface area contributed by atoms with Gasteiger partial charge in [-0.3, -0.25) is 4.79 Å². The van der Waals surface area contributed by atoms with Crippen molar-refractivity contribution >= 4 is 5.78 Å². The van der Waals surface area contributed by atoms with Gasteiger partial charge in [-0.1, -0.05) is 18.1 Å². The molecule has 1 N–H and O–H groups in total. The Morgan fingerprint density at radius 2 is 2.25 bits per heavy atom. The van der Waals surface area contributed by atoms with Gasteiger partial charge < -0.3 is 10.1 Å². The van der Waals surface area contributed by atoms with E-state index in [0.29, 0.717) is 24.1 Å². The molecule has 2 fully saturated rings. The van der Waals surface area contributed by atoms with E-state index in [1.54, 1.807) is 7.11 Å². The first kappa shape index (κ1) is 13.6. The predicted octanol–water partition coefficient (Wildman–Crippen LogP) is 2.96. The number of carbonyl (C=O) groups excluding carboxylic acids is 1. The van der Waals surface area contributed by atoms with E-state index in [0.717, 1.165) is 23.6 Å². The van der Waals surface area contributed by atoms with Gasteiger partial charge in [0.05, 0.1) is 12.7 Å². The van der Waals surface area contributed by atoms with Gasteiger partial charge in [0.15, 0.2) is 5.78 Å². The standard InChI is InChI=1S/C17H23NO2/c1-11-6-7-17(20-2)14(8-11)16(19)9-15-13-5-3-4-12(13)10-18-15/h6-8,12-13,15,18H,3-5,9-10H2,1-2H3. The number of hydrogen-bond donors (Lipinski definition) is 1. The van der Waals surface area contributed by atoms with Crippen LogP contribution in [0, 0.1) is 18.8 Å². The third-order valence-corrected chi connectivity index (χ3v) is 4.94. The molecule has 1 aliphatic carbocycles. The molecule has 0 amide bonds. The lowest BCUT2D eigenvalue weighted by Gasteiger charge is -2.18. The second kappa shape index (κ2) is 5.57. The molecule has 3 rings (SSSR count). The van der Waals surface area contributed by atoms with E-state index in [4.69, 9.17) is 4.74 Å². The van der Waals surface area contributed by atoms with E-state index >= 15 is 0 Å². The summed E-state index contributed by atoms with van der Waals surface area (Å²) >= 11 is 0. The Morgan fingerprint density at radius 1 is 1.40 bits per heavy atom. The first-order valence-corrected chi connectivity index (χ1v) is 7.60. The highest BCUT2D eigenvalue weighted by Crippen LogP contribution is 2.39. The third kappa shape index (κ3) is 2.47. The first-order chi connectivity index (χ1) is 9.69. The van der Waals surface area contributed by atoms with Gasteiger partial charge in [-0.2, -0.15) is 0 Å². The maximum Gasteiger partial charge on any atom is 0.168 e. The fourth-order valence-corrected chi connectivity index (χ4v) is 3.88. The molecular formula is C17H23NO2. The average molecular weight is 273 g/mol. The van der Waals surface area contributed by atoms with Crippen LogP contribution in [0.25, 0.3) is 0 Å². The molecule has 1 aromatic rings. The summed E-state index contributed by atoms with van der Waals surface area (Å²) in [4.78, 5) is 12.6. The summed E-state index contributed by atoms with van der Waals surface area (Å²) in [6, 6.07) is 6.18. The molecule has 20 heavy (non-hydrogen) atoms. The highest BCUT2D eigenvalue weighted by molar-refractivity contribution is 5.99. The Bertz CT molecular complexity index is 512. The molecule has 1 heterocycles. The second-order valence-electron chi connectivity index (χ2n) is 6.20. The van der Waals surface area contributed by atoms with Crippen molar-refractivity contribution in [3.63, 3.8) is 0 Å². The van der Waals surface area contributed by atoms with Crippen molar-refractivity contribution in [3.05, 3.63) is 29.3 Å². The minimum absolute atomic E-state index is 0.204.